The Balaban J connectivity index is 1.67. The Bertz CT molecular complexity index is 1420. The molecule has 9 nitrogen and oxygen atoms in total. The van der Waals surface area contributed by atoms with Gasteiger partial charge < -0.3 is 36.6 Å². The van der Waals surface area contributed by atoms with E-state index < -0.39 is 11.7 Å². The van der Waals surface area contributed by atoms with Crippen molar-refractivity contribution in [1.29, 1.82) is 0 Å². The average Bonchev–Trinajstić information content (AvgIpc) is 3.21. The molecule has 37 heavy (non-hydrogen) atoms. The van der Waals surface area contributed by atoms with E-state index in [1.807, 2.05) is 30.3 Å². The molecule has 0 spiro atoms. The topological polar surface area (TPSA) is 175 Å². The first-order valence-corrected chi connectivity index (χ1v) is 11.9. The molecule has 0 fully saturated rings. The SMILES string of the molecule is NC(=O)CCCCc1oc2cc(OCCc3ccccc3)c(O)cc2c1C(=O)c1cc(N)c(O)c(N)c1. The standard InChI is InChI=1S/C28H29N3O6/c29-19-12-17(13-20(30)28(19)35)27(34)26-18-14-21(32)24(36-11-10-16-6-2-1-3-7-16)15-23(18)37-22(26)8-4-5-9-25(31)33/h1-3,6-7,12-15,32,35H,4-5,8-11,29-30H2,(H2,31,33). The fraction of sp³-hybridized carbons (Fsp3) is 0.214. The highest BCUT2D eigenvalue weighted by Gasteiger charge is 2.25. The summed E-state index contributed by atoms with van der Waals surface area (Å²) in [5.74, 6) is -0.655. The summed E-state index contributed by atoms with van der Waals surface area (Å²) >= 11 is 0. The van der Waals surface area contributed by atoms with Gasteiger partial charge in [0.2, 0.25) is 5.91 Å². The van der Waals surface area contributed by atoms with Crippen LogP contribution in [0.3, 0.4) is 0 Å². The lowest BCUT2D eigenvalue weighted by Gasteiger charge is -2.09. The van der Waals surface area contributed by atoms with Crippen LogP contribution >= 0.6 is 0 Å². The molecule has 3 aromatic carbocycles. The molecule has 0 atom stereocenters. The molecule has 0 saturated carbocycles. The lowest BCUT2D eigenvalue weighted by molar-refractivity contribution is -0.118. The Kier molecular flexibility index (Phi) is 7.52. The first kappa shape index (κ1) is 25.4. The number of fused-ring (bicyclic) bond motifs is 1. The first-order valence-electron chi connectivity index (χ1n) is 11.9. The van der Waals surface area contributed by atoms with Gasteiger partial charge in [0.1, 0.15) is 11.3 Å². The Morgan fingerprint density at radius 3 is 2.30 bits per heavy atom. The molecule has 4 rings (SSSR count). The van der Waals surface area contributed by atoms with Crippen molar-refractivity contribution < 1.29 is 29.0 Å². The monoisotopic (exact) mass is 503 g/mol. The zero-order valence-corrected chi connectivity index (χ0v) is 20.2. The zero-order chi connectivity index (χ0) is 26.5. The van der Waals surface area contributed by atoms with Gasteiger partial charge in [0.15, 0.2) is 23.0 Å². The van der Waals surface area contributed by atoms with E-state index in [0.29, 0.717) is 49.0 Å². The Morgan fingerprint density at radius 2 is 1.62 bits per heavy atom. The summed E-state index contributed by atoms with van der Waals surface area (Å²) in [6.07, 6.45) is 2.30. The Hall–Kier alpha value is -4.66. The molecule has 0 unspecified atom stereocenters. The second-order valence-electron chi connectivity index (χ2n) is 8.81. The van der Waals surface area contributed by atoms with Gasteiger partial charge in [-0.1, -0.05) is 30.3 Å². The number of phenols is 2. The number of furan rings is 1. The maximum Gasteiger partial charge on any atom is 0.217 e. The number of anilines is 2. The number of rotatable bonds is 11. The normalized spacial score (nSPS) is 11.0. The highest BCUT2D eigenvalue weighted by molar-refractivity contribution is 6.18. The minimum Gasteiger partial charge on any atom is -0.504 e. The van der Waals surface area contributed by atoms with Crippen molar-refractivity contribution in [2.75, 3.05) is 18.1 Å². The molecule has 0 saturated heterocycles. The molecule has 0 aliphatic carbocycles. The largest absolute Gasteiger partial charge is 0.504 e. The van der Waals surface area contributed by atoms with Crippen LogP contribution in [0.25, 0.3) is 11.0 Å². The number of benzene rings is 3. The van der Waals surface area contributed by atoms with Crippen molar-refractivity contribution in [3.8, 4) is 17.2 Å². The van der Waals surface area contributed by atoms with Crippen molar-refractivity contribution in [3.05, 3.63) is 77.0 Å². The number of nitrogens with two attached hydrogens (primary N) is 3. The van der Waals surface area contributed by atoms with Gasteiger partial charge >= 0.3 is 0 Å². The number of aryl methyl sites for hydroxylation is 1. The molecule has 0 bridgehead atoms. The number of ketones is 1. The summed E-state index contributed by atoms with van der Waals surface area (Å²) in [4.78, 5) is 24.7. The number of ether oxygens (including phenoxy) is 1. The number of unbranched alkanes of at least 4 members (excludes halogenated alkanes) is 1. The summed E-state index contributed by atoms with van der Waals surface area (Å²) < 4.78 is 11.9. The lowest BCUT2D eigenvalue weighted by Crippen LogP contribution is -2.10. The van der Waals surface area contributed by atoms with Crippen LogP contribution in [0.4, 0.5) is 11.4 Å². The predicted octanol–water partition coefficient (Wildman–Crippen LogP) is 4.06. The maximum atomic E-state index is 13.6. The second kappa shape index (κ2) is 10.9. The van der Waals surface area contributed by atoms with E-state index in [1.54, 1.807) is 6.07 Å². The molecule has 8 N–H and O–H groups in total. The van der Waals surface area contributed by atoms with Crippen molar-refractivity contribution in [3.63, 3.8) is 0 Å². The number of hydrogen-bond acceptors (Lipinski definition) is 8. The van der Waals surface area contributed by atoms with Gasteiger partial charge in [0.05, 0.1) is 23.5 Å². The summed E-state index contributed by atoms with van der Waals surface area (Å²) in [5, 5.41) is 21.0. The van der Waals surface area contributed by atoms with E-state index in [0.717, 1.165) is 5.56 Å². The van der Waals surface area contributed by atoms with Crippen molar-refractivity contribution >= 4 is 34.0 Å². The third-order valence-corrected chi connectivity index (χ3v) is 6.07. The first-order chi connectivity index (χ1) is 17.7. The molecule has 1 aromatic heterocycles. The smallest absolute Gasteiger partial charge is 0.217 e. The third-order valence-electron chi connectivity index (χ3n) is 6.07. The molecule has 4 aromatic rings. The average molecular weight is 504 g/mol. The van der Waals surface area contributed by atoms with Gasteiger partial charge in [-0.15, -0.1) is 0 Å². The minimum absolute atomic E-state index is 0.0314. The second-order valence-corrected chi connectivity index (χ2v) is 8.81. The van der Waals surface area contributed by atoms with Gasteiger partial charge in [-0.3, -0.25) is 9.59 Å². The number of aromatic hydroxyl groups is 2. The van der Waals surface area contributed by atoms with E-state index in [1.165, 1.54) is 18.2 Å². The molecule has 0 radical (unpaired) electrons. The maximum absolute atomic E-state index is 13.6. The molecule has 0 aliphatic heterocycles. The van der Waals surface area contributed by atoms with Crippen molar-refractivity contribution in [2.45, 2.75) is 32.1 Å². The molecule has 9 heteroatoms. The van der Waals surface area contributed by atoms with E-state index >= 15 is 0 Å². The number of carbonyl (C=O) groups is 2. The number of nitrogen functional groups attached to an aromatic ring is 2. The number of carbonyl (C=O) groups excluding carboxylic acids is 2. The number of amides is 1. The van der Waals surface area contributed by atoms with E-state index in [9.17, 15) is 19.8 Å². The van der Waals surface area contributed by atoms with Crippen LogP contribution in [0.2, 0.25) is 0 Å². The van der Waals surface area contributed by atoms with Crippen LogP contribution in [-0.2, 0) is 17.6 Å². The number of phenolic OH excluding ortho intramolecular Hbond substituents is 2. The van der Waals surface area contributed by atoms with Crippen LogP contribution in [0, 0.1) is 0 Å². The molecule has 0 aliphatic rings. The Morgan fingerprint density at radius 1 is 0.919 bits per heavy atom. The van der Waals surface area contributed by atoms with Crippen LogP contribution in [-0.4, -0.2) is 28.5 Å². The molecular weight excluding hydrogens is 474 g/mol. The Labute approximate surface area is 213 Å². The fourth-order valence-corrected chi connectivity index (χ4v) is 4.17. The summed E-state index contributed by atoms with van der Waals surface area (Å²) in [6.45, 7) is 0.335. The lowest BCUT2D eigenvalue weighted by atomic mass is 9.97. The zero-order valence-electron chi connectivity index (χ0n) is 20.2. The minimum atomic E-state index is -0.431. The summed E-state index contributed by atoms with van der Waals surface area (Å²) in [7, 11) is 0. The highest BCUT2D eigenvalue weighted by Crippen LogP contribution is 2.38. The molecular formula is C28H29N3O6. The van der Waals surface area contributed by atoms with E-state index in [4.69, 9.17) is 26.4 Å². The summed E-state index contributed by atoms with van der Waals surface area (Å²) in [6, 6.07) is 15.5. The van der Waals surface area contributed by atoms with Crippen LogP contribution in [0.15, 0.2) is 59.0 Å². The van der Waals surface area contributed by atoms with Crippen LogP contribution in [0.1, 0.15) is 46.5 Å². The quantitative estimate of drug-likeness (QED) is 0.0881. The van der Waals surface area contributed by atoms with Crippen molar-refractivity contribution in [1.82, 2.24) is 0 Å². The van der Waals surface area contributed by atoms with Gasteiger partial charge in [-0.25, -0.2) is 0 Å². The highest BCUT2D eigenvalue weighted by atomic mass is 16.5. The van der Waals surface area contributed by atoms with Gasteiger partial charge in [-0.05, 0) is 36.6 Å². The third kappa shape index (κ3) is 5.78. The van der Waals surface area contributed by atoms with Crippen LogP contribution < -0.4 is 21.9 Å². The molecule has 1 heterocycles. The predicted molar refractivity (Wildman–Crippen MR) is 141 cm³/mol. The molecule has 1 amide bonds. The van der Waals surface area contributed by atoms with Gasteiger partial charge in [0, 0.05) is 36.3 Å². The van der Waals surface area contributed by atoms with E-state index in [2.05, 4.69) is 0 Å². The van der Waals surface area contributed by atoms with Crippen LogP contribution in [0.5, 0.6) is 17.2 Å². The fourth-order valence-electron chi connectivity index (χ4n) is 4.17. The number of hydrogen-bond donors (Lipinski definition) is 5. The summed E-state index contributed by atoms with van der Waals surface area (Å²) in [5.41, 5.74) is 18.7. The van der Waals surface area contributed by atoms with Crippen molar-refractivity contribution in [2.24, 2.45) is 5.73 Å². The van der Waals surface area contributed by atoms with E-state index in [-0.39, 0.29) is 46.2 Å². The molecule has 192 valence electrons. The number of primary amides is 1. The van der Waals surface area contributed by atoms with Gasteiger partial charge in [0.25, 0.3) is 0 Å². The van der Waals surface area contributed by atoms with Gasteiger partial charge in [-0.2, -0.15) is 0 Å².